The lowest BCUT2D eigenvalue weighted by molar-refractivity contribution is -0.254. The lowest BCUT2D eigenvalue weighted by Gasteiger charge is -2.30. The number of hydrogen-bond donors (Lipinski definition) is 2. The number of rotatable bonds is 11. The lowest BCUT2D eigenvalue weighted by Crippen LogP contribution is -2.43. The summed E-state index contributed by atoms with van der Waals surface area (Å²) in [4.78, 5) is 14.4. The SMILES string of the molecule is O=CCOC(CO)(CCOO)COCc1ccccc1. The monoisotopic (exact) mass is 284 g/mol. The van der Waals surface area contributed by atoms with E-state index in [4.69, 9.17) is 14.7 Å². The van der Waals surface area contributed by atoms with Crippen molar-refractivity contribution in [3.8, 4) is 0 Å². The van der Waals surface area contributed by atoms with E-state index in [1.807, 2.05) is 30.3 Å². The molecule has 1 atom stereocenters. The molecule has 0 bridgehead atoms. The first-order valence-corrected chi connectivity index (χ1v) is 6.33. The fraction of sp³-hybridized carbons (Fsp3) is 0.500. The second kappa shape index (κ2) is 9.57. The predicted molar refractivity (Wildman–Crippen MR) is 71.1 cm³/mol. The van der Waals surface area contributed by atoms with E-state index in [1.54, 1.807) is 0 Å². The molecule has 0 aromatic heterocycles. The fourth-order valence-electron chi connectivity index (χ4n) is 1.73. The van der Waals surface area contributed by atoms with Crippen molar-refractivity contribution < 1.29 is 29.5 Å². The van der Waals surface area contributed by atoms with E-state index >= 15 is 0 Å². The van der Waals surface area contributed by atoms with Crippen molar-refractivity contribution in [2.75, 3.05) is 26.4 Å². The number of benzene rings is 1. The number of aldehydes is 1. The molecule has 0 amide bonds. The summed E-state index contributed by atoms with van der Waals surface area (Å²) < 4.78 is 10.9. The molecule has 2 N–H and O–H groups in total. The van der Waals surface area contributed by atoms with Crippen molar-refractivity contribution in [1.82, 2.24) is 0 Å². The molecule has 0 saturated carbocycles. The molecule has 20 heavy (non-hydrogen) atoms. The molecule has 1 unspecified atom stereocenters. The summed E-state index contributed by atoms with van der Waals surface area (Å²) in [5.74, 6) is 0. The van der Waals surface area contributed by atoms with Gasteiger partial charge < -0.3 is 19.4 Å². The molecule has 0 saturated heterocycles. The molecule has 0 aliphatic carbocycles. The number of ether oxygens (including phenoxy) is 2. The normalized spacial score (nSPS) is 13.9. The average Bonchev–Trinajstić information content (AvgIpc) is 2.51. The van der Waals surface area contributed by atoms with Gasteiger partial charge in [-0.25, -0.2) is 4.89 Å². The van der Waals surface area contributed by atoms with Crippen molar-refractivity contribution in [2.24, 2.45) is 0 Å². The Morgan fingerprint density at radius 2 is 2.00 bits per heavy atom. The van der Waals surface area contributed by atoms with E-state index in [9.17, 15) is 9.90 Å². The van der Waals surface area contributed by atoms with E-state index in [1.165, 1.54) is 0 Å². The summed E-state index contributed by atoms with van der Waals surface area (Å²) in [5.41, 5.74) is -0.0635. The van der Waals surface area contributed by atoms with Gasteiger partial charge in [0.15, 0.2) is 0 Å². The van der Waals surface area contributed by atoms with Gasteiger partial charge in [-0.3, -0.25) is 5.26 Å². The Hall–Kier alpha value is -1.31. The van der Waals surface area contributed by atoms with E-state index < -0.39 is 5.60 Å². The molecule has 1 rings (SSSR count). The van der Waals surface area contributed by atoms with E-state index in [0.29, 0.717) is 12.9 Å². The summed E-state index contributed by atoms with van der Waals surface area (Å²) in [6.45, 7) is -0.0452. The minimum Gasteiger partial charge on any atom is -0.393 e. The van der Waals surface area contributed by atoms with Crippen molar-refractivity contribution in [2.45, 2.75) is 18.6 Å². The third-order valence-corrected chi connectivity index (χ3v) is 2.87. The van der Waals surface area contributed by atoms with Gasteiger partial charge in [0.2, 0.25) is 0 Å². The number of carbonyl (C=O) groups is 1. The standard InChI is InChI=1S/C14H20O6/c15-7-9-19-14(11-16,6-8-20-17)12-18-10-13-4-2-1-3-5-13/h1-5,7,16-17H,6,8-12H2. The van der Waals surface area contributed by atoms with Gasteiger partial charge in [-0.15, -0.1) is 0 Å². The van der Waals surface area contributed by atoms with Crippen molar-refractivity contribution in [1.29, 1.82) is 0 Å². The lowest BCUT2D eigenvalue weighted by atomic mass is 10.0. The largest absolute Gasteiger partial charge is 0.393 e. The molecule has 0 radical (unpaired) electrons. The third kappa shape index (κ3) is 5.77. The van der Waals surface area contributed by atoms with Gasteiger partial charge in [0.1, 0.15) is 18.5 Å². The van der Waals surface area contributed by atoms with Crippen molar-refractivity contribution in [3.05, 3.63) is 35.9 Å². The summed E-state index contributed by atoms with van der Waals surface area (Å²) in [7, 11) is 0. The zero-order valence-corrected chi connectivity index (χ0v) is 11.2. The van der Waals surface area contributed by atoms with Gasteiger partial charge in [-0.1, -0.05) is 30.3 Å². The molecular weight excluding hydrogens is 264 g/mol. The van der Waals surface area contributed by atoms with Crippen LogP contribution < -0.4 is 0 Å². The topological polar surface area (TPSA) is 85.2 Å². The highest BCUT2D eigenvalue weighted by Gasteiger charge is 2.31. The maximum absolute atomic E-state index is 10.4. The Morgan fingerprint density at radius 1 is 1.25 bits per heavy atom. The first-order chi connectivity index (χ1) is 9.76. The van der Waals surface area contributed by atoms with Gasteiger partial charge in [-0.05, 0) is 5.56 Å². The van der Waals surface area contributed by atoms with Crippen LogP contribution in [0.2, 0.25) is 0 Å². The Balaban J connectivity index is 2.51. The maximum atomic E-state index is 10.4. The maximum Gasteiger partial charge on any atom is 0.145 e. The van der Waals surface area contributed by atoms with Crippen LogP contribution in [-0.2, 0) is 25.8 Å². The summed E-state index contributed by atoms with van der Waals surface area (Å²) in [6.07, 6.45) is 0.810. The molecule has 1 aromatic rings. The Labute approximate surface area is 117 Å². The number of aliphatic hydroxyl groups excluding tert-OH is 1. The van der Waals surface area contributed by atoms with Gasteiger partial charge in [0.05, 0.1) is 26.4 Å². The first kappa shape index (κ1) is 16.7. The molecule has 6 nitrogen and oxygen atoms in total. The highest BCUT2D eigenvalue weighted by molar-refractivity contribution is 5.50. The van der Waals surface area contributed by atoms with Crippen LogP contribution in [0.25, 0.3) is 0 Å². The second-order valence-electron chi connectivity index (χ2n) is 4.38. The van der Waals surface area contributed by atoms with Gasteiger partial charge in [0.25, 0.3) is 0 Å². The molecule has 0 aliphatic rings. The first-order valence-electron chi connectivity index (χ1n) is 6.33. The Bertz CT molecular complexity index is 369. The van der Waals surface area contributed by atoms with Gasteiger partial charge in [-0.2, -0.15) is 0 Å². The molecule has 1 aromatic carbocycles. The molecular formula is C14H20O6. The predicted octanol–water partition coefficient (Wildman–Crippen LogP) is 1.03. The molecule has 0 fully saturated rings. The second-order valence-corrected chi connectivity index (χ2v) is 4.38. The van der Waals surface area contributed by atoms with Crippen molar-refractivity contribution in [3.63, 3.8) is 0 Å². The zero-order valence-electron chi connectivity index (χ0n) is 11.2. The van der Waals surface area contributed by atoms with Crippen LogP contribution in [0.5, 0.6) is 0 Å². The van der Waals surface area contributed by atoms with Crippen LogP contribution in [-0.4, -0.2) is 48.7 Å². The van der Waals surface area contributed by atoms with Crippen LogP contribution in [0.3, 0.4) is 0 Å². The average molecular weight is 284 g/mol. The molecule has 0 spiro atoms. The van der Waals surface area contributed by atoms with Crippen LogP contribution in [0, 0.1) is 0 Å². The highest BCUT2D eigenvalue weighted by Crippen LogP contribution is 2.17. The number of aliphatic hydroxyl groups is 1. The van der Waals surface area contributed by atoms with Crippen molar-refractivity contribution >= 4 is 6.29 Å². The minimum absolute atomic E-state index is 0.0197. The number of carbonyl (C=O) groups excluding carboxylic acids is 1. The minimum atomic E-state index is -1.06. The Kier molecular flexibility index (Phi) is 8.01. The number of hydrogen-bond acceptors (Lipinski definition) is 6. The van der Waals surface area contributed by atoms with Gasteiger partial charge in [0, 0.05) is 6.42 Å². The summed E-state index contributed by atoms with van der Waals surface area (Å²) >= 11 is 0. The molecule has 112 valence electrons. The van der Waals surface area contributed by atoms with Crippen LogP contribution in [0.1, 0.15) is 12.0 Å². The quantitative estimate of drug-likeness (QED) is 0.358. The van der Waals surface area contributed by atoms with Crippen LogP contribution >= 0.6 is 0 Å². The summed E-state index contributed by atoms with van der Waals surface area (Å²) in [5, 5.41) is 17.9. The highest BCUT2D eigenvalue weighted by atomic mass is 17.1. The molecule has 6 heteroatoms. The Morgan fingerprint density at radius 3 is 2.60 bits per heavy atom. The van der Waals surface area contributed by atoms with Crippen LogP contribution in [0.4, 0.5) is 0 Å². The molecule has 0 heterocycles. The van der Waals surface area contributed by atoms with E-state index in [2.05, 4.69) is 4.89 Å². The van der Waals surface area contributed by atoms with E-state index in [0.717, 1.165) is 5.56 Å². The van der Waals surface area contributed by atoms with E-state index in [-0.39, 0.29) is 32.8 Å². The zero-order chi connectivity index (χ0) is 14.7. The van der Waals surface area contributed by atoms with Gasteiger partial charge >= 0.3 is 0 Å². The summed E-state index contributed by atoms with van der Waals surface area (Å²) in [6, 6.07) is 9.56. The third-order valence-electron chi connectivity index (χ3n) is 2.87. The van der Waals surface area contributed by atoms with Crippen LogP contribution in [0.15, 0.2) is 30.3 Å². The fourth-order valence-corrected chi connectivity index (χ4v) is 1.73. The smallest absolute Gasteiger partial charge is 0.145 e. The molecule has 0 aliphatic heterocycles.